The molecule has 30 heavy (non-hydrogen) atoms. The molecule has 0 spiro atoms. The standard InChI is InChI=1S/C26H22O4/c27-15-17-29-25-20-24(14-12-22-9-5-2-6-10-22)26(30-18-16-28)19-23(25)13-11-21-7-3-1-4-8-21/h1-10,19-20,27-28H,15-18H2. The summed E-state index contributed by atoms with van der Waals surface area (Å²) in [5, 5.41) is 18.4. The van der Waals surface area contributed by atoms with E-state index < -0.39 is 0 Å². The van der Waals surface area contributed by atoms with Crippen LogP contribution in [0.5, 0.6) is 11.5 Å². The molecule has 0 aliphatic carbocycles. The van der Waals surface area contributed by atoms with E-state index in [0.29, 0.717) is 22.6 Å². The third kappa shape index (κ3) is 6.15. The SMILES string of the molecule is OCCOc1cc(C#Cc2ccccc2)c(OCCO)cc1C#Cc1ccccc1. The van der Waals surface area contributed by atoms with E-state index in [1.165, 1.54) is 0 Å². The fraction of sp³-hybridized carbons (Fsp3) is 0.154. The Morgan fingerprint density at radius 2 is 0.967 bits per heavy atom. The maximum absolute atomic E-state index is 9.18. The van der Waals surface area contributed by atoms with Crippen molar-refractivity contribution in [1.82, 2.24) is 0 Å². The smallest absolute Gasteiger partial charge is 0.136 e. The summed E-state index contributed by atoms with van der Waals surface area (Å²) in [4.78, 5) is 0. The van der Waals surface area contributed by atoms with Gasteiger partial charge in [0, 0.05) is 23.3 Å². The van der Waals surface area contributed by atoms with Crippen LogP contribution in [0.15, 0.2) is 72.8 Å². The first-order chi connectivity index (χ1) is 14.8. The molecule has 150 valence electrons. The van der Waals surface area contributed by atoms with Crippen LogP contribution in [0.3, 0.4) is 0 Å². The molecule has 4 heteroatoms. The lowest BCUT2D eigenvalue weighted by atomic mass is 10.1. The van der Waals surface area contributed by atoms with Gasteiger partial charge in [-0.25, -0.2) is 0 Å². The van der Waals surface area contributed by atoms with Crippen molar-refractivity contribution in [2.75, 3.05) is 26.4 Å². The van der Waals surface area contributed by atoms with Gasteiger partial charge in [-0.1, -0.05) is 60.1 Å². The molecule has 0 unspecified atom stereocenters. The molecule has 0 bridgehead atoms. The van der Waals surface area contributed by atoms with E-state index in [1.807, 2.05) is 60.7 Å². The summed E-state index contributed by atoms with van der Waals surface area (Å²) in [7, 11) is 0. The van der Waals surface area contributed by atoms with Crippen LogP contribution >= 0.6 is 0 Å². The second kappa shape index (κ2) is 11.3. The van der Waals surface area contributed by atoms with Crippen molar-refractivity contribution in [3.8, 4) is 35.2 Å². The van der Waals surface area contributed by atoms with Crippen molar-refractivity contribution in [1.29, 1.82) is 0 Å². The zero-order valence-corrected chi connectivity index (χ0v) is 16.5. The number of ether oxygens (including phenoxy) is 2. The second-order valence-corrected chi connectivity index (χ2v) is 6.22. The van der Waals surface area contributed by atoms with Crippen molar-refractivity contribution in [2.45, 2.75) is 0 Å². The molecule has 0 saturated heterocycles. The highest BCUT2D eigenvalue weighted by Crippen LogP contribution is 2.28. The molecule has 0 fully saturated rings. The summed E-state index contributed by atoms with van der Waals surface area (Å²) in [6, 6.07) is 22.8. The molecule has 3 aromatic carbocycles. The molecular formula is C26H22O4. The highest BCUT2D eigenvalue weighted by Gasteiger charge is 2.10. The molecule has 0 saturated carbocycles. The topological polar surface area (TPSA) is 58.9 Å². The van der Waals surface area contributed by atoms with E-state index in [2.05, 4.69) is 23.7 Å². The summed E-state index contributed by atoms with van der Waals surface area (Å²) in [5.74, 6) is 13.5. The van der Waals surface area contributed by atoms with Gasteiger partial charge in [-0.15, -0.1) is 0 Å². The van der Waals surface area contributed by atoms with E-state index in [1.54, 1.807) is 12.1 Å². The minimum atomic E-state index is -0.112. The number of aliphatic hydroxyl groups is 2. The fourth-order valence-electron chi connectivity index (χ4n) is 2.63. The van der Waals surface area contributed by atoms with Crippen LogP contribution in [0.2, 0.25) is 0 Å². The molecule has 0 aliphatic rings. The van der Waals surface area contributed by atoms with E-state index >= 15 is 0 Å². The number of hydrogen-bond donors (Lipinski definition) is 2. The van der Waals surface area contributed by atoms with Crippen LogP contribution in [0, 0.1) is 23.7 Å². The Balaban J connectivity index is 2.03. The Labute approximate surface area is 176 Å². The number of rotatable bonds is 6. The monoisotopic (exact) mass is 398 g/mol. The Kier molecular flexibility index (Phi) is 7.94. The molecule has 3 aromatic rings. The van der Waals surface area contributed by atoms with Crippen molar-refractivity contribution in [3.63, 3.8) is 0 Å². The van der Waals surface area contributed by atoms with E-state index in [9.17, 15) is 10.2 Å². The zero-order chi connectivity index (χ0) is 21.0. The summed E-state index contributed by atoms with van der Waals surface area (Å²) < 4.78 is 11.4. The highest BCUT2D eigenvalue weighted by atomic mass is 16.5. The molecule has 0 radical (unpaired) electrons. The number of aliphatic hydroxyl groups excluding tert-OH is 2. The van der Waals surface area contributed by atoms with Gasteiger partial charge < -0.3 is 19.7 Å². The Morgan fingerprint density at radius 1 is 0.567 bits per heavy atom. The Bertz CT molecular complexity index is 979. The Morgan fingerprint density at radius 3 is 1.33 bits per heavy atom. The molecule has 0 amide bonds. The van der Waals surface area contributed by atoms with Gasteiger partial charge in [0.15, 0.2) is 0 Å². The van der Waals surface area contributed by atoms with Crippen LogP contribution < -0.4 is 9.47 Å². The number of benzene rings is 3. The first kappa shape index (κ1) is 21.0. The summed E-state index contributed by atoms with van der Waals surface area (Å²) in [6.07, 6.45) is 0. The maximum atomic E-state index is 9.18. The van der Waals surface area contributed by atoms with Crippen LogP contribution in [0.4, 0.5) is 0 Å². The molecule has 0 heterocycles. The predicted octanol–water partition coefficient (Wildman–Crippen LogP) is 3.23. The highest BCUT2D eigenvalue weighted by molar-refractivity contribution is 5.60. The minimum Gasteiger partial charge on any atom is -0.490 e. The third-order valence-electron chi connectivity index (χ3n) is 4.01. The van der Waals surface area contributed by atoms with Crippen molar-refractivity contribution in [3.05, 3.63) is 95.1 Å². The average molecular weight is 398 g/mol. The van der Waals surface area contributed by atoms with Crippen molar-refractivity contribution >= 4 is 0 Å². The first-order valence-corrected chi connectivity index (χ1v) is 9.59. The zero-order valence-electron chi connectivity index (χ0n) is 16.5. The summed E-state index contributed by atoms with van der Waals surface area (Å²) in [5.41, 5.74) is 2.98. The lowest BCUT2D eigenvalue weighted by Crippen LogP contribution is -2.06. The molecule has 3 rings (SSSR count). The van der Waals surface area contributed by atoms with E-state index in [-0.39, 0.29) is 26.4 Å². The normalized spacial score (nSPS) is 9.67. The van der Waals surface area contributed by atoms with Crippen LogP contribution in [-0.2, 0) is 0 Å². The van der Waals surface area contributed by atoms with Gasteiger partial charge in [-0.2, -0.15) is 0 Å². The van der Waals surface area contributed by atoms with Gasteiger partial charge in [0.05, 0.1) is 24.3 Å². The van der Waals surface area contributed by atoms with Crippen LogP contribution in [-0.4, -0.2) is 36.6 Å². The maximum Gasteiger partial charge on any atom is 0.136 e. The van der Waals surface area contributed by atoms with Crippen molar-refractivity contribution in [2.24, 2.45) is 0 Å². The molecule has 2 N–H and O–H groups in total. The van der Waals surface area contributed by atoms with E-state index in [0.717, 1.165) is 11.1 Å². The van der Waals surface area contributed by atoms with Crippen LogP contribution in [0.25, 0.3) is 0 Å². The largest absolute Gasteiger partial charge is 0.490 e. The summed E-state index contributed by atoms with van der Waals surface area (Å²) >= 11 is 0. The van der Waals surface area contributed by atoms with Gasteiger partial charge >= 0.3 is 0 Å². The molecule has 4 nitrogen and oxygen atoms in total. The molecule has 0 atom stereocenters. The molecule has 0 aliphatic heterocycles. The van der Waals surface area contributed by atoms with Crippen LogP contribution in [0.1, 0.15) is 22.3 Å². The predicted molar refractivity (Wildman–Crippen MR) is 116 cm³/mol. The quantitative estimate of drug-likeness (QED) is 0.626. The minimum absolute atomic E-state index is 0.112. The van der Waals surface area contributed by atoms with Gasteiger partial charge in [-0.05, 0) is 24.3 Å². The molecule has 0 aromatic heterocycles. The average Bonchev–Trinajstić information content (AvgIpc) is 2.80. The lowest BCUT2D eigenvalue weighted by molar-refractivity contribution is 0.197. The lowest BCUT2D eigenvalue weighted by Gasteiger charge is -2.12. The van der Waals surface area contributed by atoms with Crippen molar-refractivity contribution < 1.29 is 19.7 Å². The van der Waals surface area contributed by atoms with Gasteiger partial charge in [0.1, 0.15) is 24.7 Å². The van der Waals surface area contributed by atoms with Gasteiger partial charge in [-0.3, -0.25) is 0 Å². The summed E-state index contributed by atoms with van der Waals surface area (Å²) in [6.45, 7) is 0.0590. The first-order valence-electron chi connectivity index (χ1n) is 9.59. The number of hydrogen-bond acceptors (Lipinski definition) is 4. The molecular weight excluding hydrogens is 376 g/mol. The van der Waals surface area contributed by atoms with E-state index in [4.69, 9.17) is 9.47 Å². The third-order valence-corrected chi connectivity index (χ3v) is 4.01. The van der Waals surface area contributed by atoms with Gasteiger partial charge in [0.25, 0.3) is 0 Å². The Hall–Kier alpha value is -3.70. The fourth-order valence-corrected chi connectivity index (χ4v) is 2.63. The van der Waals surface area contributed by atoms with Gasteiger partial charge in [0.2, 0.25) is 0 Å². The second-order valence-electron chi connectivity index (χ2n) is 6.22.